The third kappa shape index (κ3) is 3.05. The standard InChI is InChI=1S/C11H16FN/c1-8(2)9(3)13-11-6-4-5-10(12)7-11/h4-9,13H,1-3H3. The molecule has 0 spiro atoms. The molecule has 13 heavy (non-hydrogen) atoms. The lowest BCUT2D eigenvalue weighted by Gasteiger charge is -2.18. The van der Waals surface area contributed by atoms with Crippen molar-refractivity contribution < 1.29 is 4.39 Å². The first-order valence-corrected chi connectivity index (χ1v) is 4.61. The van der Waals surface area contributed by atoms with Crippen LogP contribution in [-0.4, -0.2) is 6.04 Å². The number of halogens is 1. The van der Waals surface area contributed by atoms with E-state index in [1.807, 2.05) is 6.07 Å². The molecular formula is C11H16FN. The average molecular weight is 181 g/mol. The van der Waals surface area contributed by atoms with E-state index in [-0.39, 0.29) is 5.82 Å². The van der Waals surface area contributed by atoms with Crippen LogP contribution in [0.1, 0.15) is 20.8 Å². The lowest BCUT2D eigenvalue weighted by atomic mass is 10.1. The Bertz CT molecular complexity index is 271. The molecular weight excluding hydrogens is 165 g/mol. The molecule has 72 valence electrons. The Morgan fingerprint density at radius 1 is 1.23 bits per heavy atom. The zero-order valence-corrected chi connectivity index (χ0v) is 8.34. The van der Waals surface area contributed by atoms with Crippen LogP contribution in [-0.2, 0) is 0 Å². The van der Waals surface area contributed by atoms with Crippen LogP contribution in [0.15, 0.2) is 24.3 Å². The Hall–Kier alpha value is -1.05. The van der Waals surface area contributed by atoms with Crippen molar-refractivity contribution in [2.24, 2.45) is 5.92 Å². The molecule has 0 aromatic heterocycles. The average Bonchev–Trinajstić information content (AvgIpc) is 2.04. The molecule has 0 bridgehead atoms. The second kappa shape index (κ2) is 4.26. The maximum atomic E-state index is 12.8. The van der Waals surface area contributed by atoms with Crippen LogP contribution in [0.2, 0.25) is 0 Å². The molecule has 0 saturated carbocycles. The van der Waals surface area contributed by atoms with Crippen LogP contribution in [0.5, 0.6) is 0 Å². The van der Waals surface area contributed by atoms with E-state index in [0.29, 0.717) is 12.0 Å². The van der Waals surface area contributed by atoms with Gasteiger partial charge in [-0.05, 0) is 31.0 Å². The van der Waals surface area contributed by atoms with E-state index < -0.39 is 0 Å². The van der Waals surface area contributed by atoms with Gasteiger partial charge in [-0.15, -0.1) is 0 Å². The summed E-state index contributed by atoms with van der Waals surface area (Å²) in [4.78, 5) is 0. The summed E-state index contributed by atoms with van der Waals surface area (Å²) >= 11 is 0. The molecule has 1 aromatic carbocycles. The highest BCUT2D eigenvalue weighted by Crippen LogP contribution is 2.13. The SMILES string of the molecule is CC(C)C(C)Nc1cccc(F)c1. The van der Waals surface area contributed by atoms with Crippen LogP contribution in [0.4, 0.5) is 10.1 Å². The zero-order chi connectivity index (χ0) is 9.84. The van der Waals surface area contributed by atoms with E-state index in [0.717, 1.165) is 5.69 Å². The van der Waals surface area contributed by atoms with Gasteiger partial charge < -0.3 is 5.32 Å². The van der Waals surface area contributed by atoms with Crippen molar-refractivity contribution in [2.45, 2.75) is 26.8 Å². The number of anilines is 1. The Morgan fingerprint density at radius 2 is 1.92 bits per heavy atom. The molecule has 1 aromatic rings. The summed E-state index contributed by atoms with van der Waals surface area (Å²) < 4.78 is 12.8. The maximum Gasteiger partial charge on any atom is 0.125 e. The predicted octanol–water partition coefficient (Wildman–Crippen LogP) is 3.28. The fourth-order valence-corrected chi connectivity index (χ4v) is 1.01. The molecule has 1 atom stereocenters. The van der Waals surface area contributed by atoms with Crippen LogP contribution in [0.25, 0.3) is 0 Å². The molecule has 0 aliphatic rings. The molecule has 2 heteroatoms. The molecule has 0 aliphatic carbocycles. The highest BCUT2D eigenvalue weighted by atomic mass is 19.1. The minimum Gasteiger partial charge on any atom is -0.382 e. The van der Waals surface area contributed by atoms with Gasteiger partial charge in [0, 0.05) is 11.7 Å². The molecule has 0 aliphatic heterocycles. The van der Waals surface area contributed by atoms with Crippen molar-refractivity contribution >= 4 is 5.69 Å². The summed E-state index contributed by atoms with van der Waals surface area (Å²) in [5.41, 5.74) is 0.848. The van der Waals surface area contributed by atoms with Crippen molar-refractivity contribution in [1.82, 2.24) is 0 Å². The summed E-state index contributed by atoms with van der Waals surface area (Å²) in [6.45, 7) is 6.36. The fourth-order valence-electron chi connectivity index (χ4n) is 1.01. The van der Waals surface area contributed by atoms with Crippen molar-refractivity contribution in [3.05, 3.63) is 30.1 Å². The van der Waals surface area contributed by atoms with Gasteiger partial charge in [0.2, 0.25) is 0 Å². The summed E-state index contributed by atoms with van der Waals surface area (Å²) in [7, 11) is 0. The van der Waals surface area contributed by atoms with Gasteiger partial charge >= 0.3 is 0 Å². The van der Waals surface area contributed by atoms with Gasteiger partial charge in [0.15, 0.2) is 0 Å². The molecule has 1 N–H and O–H groups in total. The minimum atomic E-state index is -0.194. The summed E-state index contributed by atoms with van der Waals surface area (Å²) in [5, 5.41) is 3.24. The Morgan fingerprint density at radius 3 is 2.46 bits per heavy atom. The smallest absolute Gasteiger partial charge is 0.125 e. The van der Waals surface area contributed by atoms with E-state index >= 15 is 0 Å². The number of hydrogen-bond acceptors (Lipinski definition) is 1. The topological polar surface area (TPSA) is 12.0 Å². The largest absolute Gasteiger partial charge is 0.382 e. The van der Waals surface area contributed by atoms with Gasteiger partial charge in [0.05, 0.1) is 0 Å². The lowest BCUT2D eigenvalue weighted by molar-refractivity contribution is 0.559. The van der Waals surface area contributed by atoms with Crippen LogP contribution >= 0.6 is 0 Å². The fraction of sp³-hybridized carbons (Fsp3) is 0.455. The minimum absolute atomic E-state index is 0.194. The van der Waals surface area contributed by atoms with Gasteiger partial charge in [-0.3, -0.25) is 0 Å². The van der Waals surface area contributed by atoms with E-state index in [2.05, 4.69) is 26.1 Å². The van der Waals surface area contributed by atoms with Crippen LogP contribution < -0.4 is 5.32 Å². The molecule has 0 heterocycles. The van der Waals surface area contributed by atoms with Crippen molar-refractivity contribution in [3.8, 4) is 0 Å². The van der Waals surface area contributed by atoms with Crippen molar-refractivity contribution in [3.63, 3.8) is 0 Å². The van der Waals surface area contributed by atoms with E-state index in [1.165, 1.54) is 12.1 Å². The third-order valence-electron chi connectivity index (χ3n) is 2.22. The van der Waals surface area contributed by atoms with Crippen LogP contribution in [0, 0.1) is 11.7 Å². The second-order valence-corrected chi connectivity index (χ2v) is 3.69. The Balaban J connectivity index is 2.64. The second-order valence-electron chi connectivity index (χ2n) is 3.69. The first kappa shape index (κ1) is 10.0. The summed E-state index contributed by atoms with van der Waals surface area (Å²) in [6.07, 6.45) is 0. The number of nitrogens with one attached hydrogen (secondary N) is 1. The number of hydrogen-bond donors (Lipinski definition) is 1. The lowest BCUT2D eigenvalue weighted by Crippen LogP contribution is -2.21. The van der Waals surface area contributed by atoms with Crippen molar-refractivity contribution in [1.29, 1.82) is 0 Å². The molecule has 1 rings (SSSR count). The van der Waals surface area contributed by atoms with Crippen molar-refractivity contribution in [2.75, 3.05) is 5.32 Å². The third-order valence-corrected chi connectivity index (χ3v) is 2.22. The van der Waals surface area contributed by atoms with Gasteiger partial charge in [-0.1, -0.05) is 19.9 Å². The predicted molar refractivity (Wildman–Crippen MR) is 54.3 cm³/mol. The first-order valence-electron chi connectivity index (χ1n) is 4.61. The molecule has 0 amide bonds. The quantitative estimate of drug-likeness (QED) is 0.754. The Labute approximate surface area is 79.0 Å². The first-order chi connectivity index (χ1) is 6.09. The molecule has 0 saturated heterocycles. The Kier molecular flexibility index (Phi) is 3.29. The summed E-state index contributed by atoms with van der Waals surface area (Å²) in [5.74, 6) is 0.351. The van der Waals surface area contributed by atoms with E-state index in [1.54, 1.807) is 6.07 Å². The molecule has 0 fully saturated rings. The maximum absolute atomic E-state index is 12.8. The van der Waals surface area contributed by atoms with E-state index in [9.17, 15) is 4.39 Å². The summed E-state index contributed by atoms with van der Waals surface area (Å²) in [6, 6.07) is 6.92. The van der Waals surface area contributed by atoms with Gasteiger partial charge in [-0.2, -0.15) is 0 Å². The molecule has 1 nitrogen and oxygen atoms in total. The number of benzene rings is 1. The van der Waals surface area contributed by atoms with Gasteiger partial charge in [0.1, 0.15) is 5.82 Å². The van der Waals surface area contributed by atoms with E-state index in [4.69, 9.17) is 0 Å². The number of rotatable bonds is 3. The van der Waals surface area contributed by atoms with Gasteiger partial charge in [0.25, 0.3) is 0 Å². The molecule has 0 radical (unpaired) electrons. The zero-order valence-electron chi connectivity index (χ0n) is 8.34. The molecule has 1 unspecified atom stereocenters. The highest BCUT2D eigenvalue weighted by molar-refractivity contribution is 5.43. The monoisotopic (exact) mass is 181 g/mol. The van der Waals surface area contributed by atoms with Crippen LogP contribution in [0.3, 0.4) is 0 Å². The van der Waals surface area contributed by atoms with Gasteiger partial charge in [-0.25, -0.2) is 4.39 Å². The highest BCUT2D eigenvalue weighted by Gasteiger charge is 2.06. The normalized spacial score (nSPS) is 13.0.